The first-order valence-electron chi connectivity index (χ1n) is 10.4. The Labute approximate surface area is 187 Å². The maximum Gasteiger partial charge on any atom is 0.174 e. The number of ketones is 1. The Morgan fingerprint density at radius 1 is 1.03 bits per heavy atom. The standard InChI is InChI=1S/C23H26Cl2N2O3/c24-20-4-3-5-21(23(20)25)27-11-9-26(10-12-27)8-1-2-13-29-19-6-7-22-17(15-19)14-18(28)16-30-22/h3-7,15H,1-2,8-14,16H2. The van der Waals surface area contributed by atoms with Crippen LogP contribution in [0.15, 0.2) is 36.4 Å². The molecule has 4 rings (SSSR count). The second-order valence-electron chi connectivity index (χ2n) is 7.73. The van der Waals surface area contributed by atoms with Crippen molar-refractivity contribution in [1.29, 1.82) is 0 Å². The molecule has 5 nitrogen and oxygen atoms in total. The van der Waals surface area contributed by atoms with Crippen LogP contribution in [0.1, 0.15) is 18.4 Å². The lowest BCUT2D eigenvalue weighted by Gasteiger charge is -2.36. The number of hydrogen-bond donors (Lipinski definition) is 0. The average Bonchev–Trinajstić information content (AvgIpc) is 2.76. The predicted octanol–water partition coefficient (Wildman–Crippen LogP) is 4.48. The SMILES string of the molecule is O=C1COc2ccc(OCCCCN3CCN(c4cccc(Cl)c4Cl)CC3)cc2C1. The molecule has 0 amide bonds. The molecule has 0 N–H and O–H groups in total. The quantitative estimate of drug-likeness (QED) is 0.584. The van der Waals surface area contributed by atoms with E-state index in [-0.39, 0.29) is 12.4 Å². The maximum atomic E-state index is 11.5. The highest BCUT2D eigenvalue weighted by Gasteiger charge is 2.20. The fourth-order valence-corrected chi connectivity index (χ4v) is 4.34. The molecule has 2 heterocycles. The van der Waals surface area contributed by atoms with Gasteiger partial charge in [-0.3, -0.25) is 9.69 Å². The van der Waals surface area contributed by atoms with Crippen LogP contribution in [0.3, 0.4) is 0 Å². The molecule has 0 atom stereocenters. The smallest absolute Gasteiger partial charge is 0.174 e. The Hall–Kier alpha value is -1.95. The van der Waals surface area contributed by atoms with Gasteiger partial charge in [-0.15, -0.1) is 0 Å². The Bertz CT molecular complexity index is 898. The molecule has 0 radical (unpaired) electrons. The summed E-state index contributed by atoms with van der Waals surface area (Å²) < 4.78 is 11.3. The first-order chi connectivity index (χ1) is 14.6. The van der Waals surface area contributed by atoms with E-state index in [1.165, 1.54) is 0 Å². The number of carbonyl (C=O) groups is 1. The molecule has 2 aliphatic heterocycles. The molecule has 7 heteroatoms. The topological polar surface area (TPSA) is 42.0 Å². The van der Waals surface area contributed by atoms with E-state index in [4.69, 9.17) is 32.7 Å². The van der Waals surface area contributed by atoms with E-state index in [0.717, 1.165) is 68.3 Å². The number of halogens is 2. The number of ether oxygens (including phenoxy) is 2. The highest BCUT2D eigenvalue weighted by atomic mass is 35.5. The molecule has 0 spiro atoms. The molecule has 1 fully saturated rings. The molecule has 1 saturated heterocycles. The van der Waals surface area contributed by atoms with Crippen molar-refractivity contribution in [3.05, 3.63) is 52.0 Å². The normalized spacial score (nSPS) is 16.9. The highest BCUT2D eigenvalue weighted by molar-refractivity contribution is 6.43. The van der Waals surface area contributed by atoms with Crippen LogP contribution >= 0.6 is 23.2 Å². The van der Waals surface area contributed by atoms with Gasteiger partial charge in [0.05, 0.1) is 22.3 Å². The minimum absolute atomic E-state index is 0.109. The summed E-state index contributed by atoms with van der Waals surface area (Å²) in [5.74, 6) is 1.71. The number of benzene rings is 2. The largest absolute Gasteiger partial charge is 0.494 e. The Balaban J connectivity index is 1.15. The van der Waals surface area contributed by atoms with Crippen molar-refractivity contribution in [2.75, 3.05) is 50.8 Å². The third-order valence-corrected chi connectivity index (χ3v) is 6.40. The molecular formula is C23H26Cl2N2O3. The zero-order valence-corrected chi connectivity index (χ0v) is 18.4. The minimum atomic E-state index is 0.109. The van der Waals surface area contributed by atoms with E-state index < -0.39 is 0 Å². The summed E-state index contributed by atoms with van der Waals surface area (Å²) in [5.41, 5.74) is 1.94. The van der Waals surface area contributed by atoms with Gasteiger partial charge in [0.25, 0.3) is 0 Å². The van der Waals surface area contributed by atoms with Crippen LogP contribution in [0.25, 0.3) is 0 Å². The summed E-state index contributed by atoms with van der Waals surface area (Å²) >= 11 is 12.5. The highest BCUT2D eigenvalue weighted by Crippen LogP contribution is 2.33. The molecule has 160 valence electrons. The van der Waals surface area contributed by atoms with Gasteiger partial charge in [0.15, 0.2) is 5.78 Å². The summed E-state index contributed by atoms with van der Waals surface area (Å²) in [7, 11) is 0. The van der Waals surface area contributed by atoms with Crippen LogP contribution in [0.4, 0.5) is 5.69 Å². The fourth-order valence-electron chi connectivity index (χ4n) is 3.92. The Morgan fingerprint density at radius 3 is 2.70 bits per heavy atom. The van der Waals surface area contributed by atoms with Crippen LogP contribution in [0, 0.1) is 0 Å². The second kappa shape index (κ2) is 9.90. The average molecular weight is 449 g/mol. The predicted molar refractivity (Wildman–Crippen MR) is 120 cm³/mol. The first kappa shape index (κ1) is 21.3. The zero-order valence-electron chi connectivity index (χ0n) is 16.9. The van der Waals surface area contributed by atoms with E-state index in [9.17, 15) is 4.79 Å². The van der Waals surface area contributed by atoms with Crippen molar-refractivity contribution in [1.82, 2.24) is 4.90 Å². The number of carbonyl (C=O) groups excluding carboxylic acids is 1. The maximum absolute atomic E-state index is 11.5. The molecule has 2 aliphatic rings. The summed E-state index contributed by atoms with van der Waals surface area (Å²) in [5, 5.41) is 1.25. The Morgan fingerprint density at radius 2 is 1.87 bits per heavy atom. The lowest BCUT2D eigenvalue weighted by molar-refractivity contribution is -0.121. The van der Waals surface area contributed by atoms with Gasteiger partial charge in [-0.1, -0.05) is 29.3 Å². The van der Waals surface area contributed by atoms with Crippen molar-refractivity contribution in [2.45, 2.75) is 19.3 Å². The van der Waals surface area contributed by atoms with Crippen LogP contribution < -0.4 is 14.4 Å². The number of anilines is 1. The monoisotopic (exact) mass is 448 g/mol. The van der Waals surface area contributed by atoms with Gasteiger partial charge in [-0.2, -0.15) is 0 Å². The van der Waals surface area contributed by atoms with Crippen LogP contribution in [0.5, 0.6) is 11.5 Å². The van der Waals surface area contributed by atoms with Crippen LogP contribution in [0.2, 0.25) is 10.0 Å². The summed E-state index contributed by atoms with van der Waals surface area (Å²) in [6.07, 6.45) is 2.51. The molecule has 0 bridgehead atoms. The summed E-state index contributed by atoms with van der Waals surface area (Å²) in [4.78, 5) is 16.3. The van der Waals surface area contributed by atoms with Crippen LogP contribution in [-0.2, 0) is 11.2 Å². The number of nitrogens with zero attached hydrogens (tertiary/aromatic N) is 2. The molecule has 30 heavy (non-hydrogen) atoms. The minimum Gasteiger partial charge on any atom is -0.494 e. The van der Waals surface area contributed by atoms with E-state index >= 15 is 0 Å². The van der Waals surface area contributed by atoms with Crippen molar-refractivity contribution < 1.29 is 14.3 Å². The third kappa shape index (κ3) is 5.20. The van der Waals surface area contributed by atoms with E-state index in [1.54, 1.807) is 0 Å². The van der Waals surface area contributed by atoms with Gasteiger partial charge in [0.2, 0.25) is 0 Å². The second-order valence-corrected chi connectivity index (χ2v) is 8.52. The lowest BCUT2D eigenvalue weighted by atomic mass is 10.1. The fraction of sp³-hybridized carbons (Fsp3) is 0.435. The van der Waals surface area contributed by atoms with E-state index in [1.807, 2.05) is 36.4 Å². The molecule has 0 saturated carbocycles. The van der Waals surface area contributed by atoms with Gasteiger partial charge >= 0.3 is 0 Å². The lowest BCUT2D eigenvalue weighted by Crippen LogP contribution is -2.46. The summed E-state index contributed by atoms with van der Waals surface area (Å²) in [6, 6.07) is 11.5. The van der Waals surface area contributed by atoms with Gasteiger partial charge in [-0.25, -0.2) is 0 Å². The van der Waals surface area contributed by atoms with Crippen molar-refractivity contribution >= 4 is 34.7 Å². The molecule has 0 aromatic heterocycles. The van der Waals surface area contributed by atoms with Crippen molar-refractivity contribution in [3.8, 4) is 11.5 Å². The molecule has 0 aliphatic carbocycles. The number of Topliss-reactive ketones (excluding diaryl/α,β-unsaturated/α-hetero) is 1. The van der Waals surface area contributed by atoms with Gasteiger partial charge in [0, 0.05) is 38.2 Å². The number of fused-ring (bicyclic) bond motifs is 1. The van der Waals surface area contributed by atoms with Crippen molar-refractivity contribution in [2.24, 2.45) is 0 Å². The molecule has 2 aromatic rings. The molecular weight excluding hydrogens is 423 g/mol. The third-order valence-electron chi connectivity index (χ3n) is 5.59. The Kier molecular flexibility index (Phi) is 7.03. The molecule has 0 unspecified atom stereocenters. The summed E-state index contributed by atoms with van der Waals surface area (Å²) in [6.45, 7) is 5.84. The van der Waals surface area contributed by atoms with Crippen molar-refractivity contribution in [3.63, 3.8) is 0 Å². The van der Waals surface area contributed by atoms with Gasteiger partial charge in [-0.05, 0) is 49.7 Å². The van der Waals surface area contributed by atoms with E-state index in [2.05, 4.69) is 9.80 Å². The number of hydrogen-bond acceptors (Lipinski definition) is 5. The van der Waals surface area contributed by atoms with Gasteiger partial charge in [0.1, 0.15) is 18.1 Å². The first-order valence-corrected chi connectivity index (χ1v) is 11.2. The number of piperazine rings is 1. The van der Waals surface area contributed by atoms with Crippen LogP contribution in [-0.4, -0.2) is 56.6 Å². The number of unbranched alkanes of at least 4 members (excludes halogenated alkanes) is 1. The zero-order chi connectivity index (χ0) is 20.9. The molecule has 2 aromatic carbocycles. The van der Waals surface area contributed by atoms with E-state index in [0.29, 0.717) is 23.1 Å². The number of rotatable bonds is 7. The van der Waals surface area contributed by atoms with Gasteiger partial charge < -0.3 is 14.4 Å².